The van der Waals surface area contributed by atoms with Crippen molar-refractivity contribution in [3.8, 4) is 0 Å². The van der Waals surface area contributed by atoms with E-state index in [1.807, 2.05) is 0 Å². The fourth-order valence-corrected chi connectivity index (χ4v) is 0. The zero-order valence-corrected chi connectivity index (χ0v) is 2.86. The van der Waals surface area contributed by atoms with E-state index in [-0.39, 0.29) is 105 Å². The largest absolute Gasteiger partial charge is 0 e. The Morgan fingerprint density at radius 1 is 1.00 bits per heavy atom. The van der Waals surface area contributed by atoms with Crippen LogP contribution in [0, 0.1) is 0 Å². The van der Waals surface area contributed by atoms with Crippen LogP contribution in [-0.2, 0) is 33.6 Å². The van der Waals surface area contributed by atoms with Gasteiger partial charge < -0.3 is 0 Å². The smallest absolute Gasteiger partial charge is 0 e. The molecule has 0 atom stereocenters. The summed E-state index contributed by atoms with van der Waals surface area (Å²) in [4.78, 5) is 0. The average molecular weight is 172 g/mol. The van der Waals surface area contributed by atoms with Gasteiger partial charge in [0.05, 0.1) is 0 Å². The summed E-state index contributed by atoms with van der Waals surface area (Å²) in [5, 5.41) is 0. The Morgan fingerprint density at radius 2 is 1.00 bits per heavy atom. The van der Waals surface area contributed by atoms with Crippen LogP contribution in [0.5, 0.6) is 0 Å². The fraction of sp³-hybridized carbons (Fsp3) is 0. The van der Waals surface area contributed by atoms with Crippen molar-refractivity contribution >= 4 is 71.5 Å². The average Bonchev–Trinajstić information content (AvgIpc) is 0. The second-order valence-corrected chi connectivity index (χ2v) is 0. The maximum Gasteiger partial charge on any atom is 0 e. The molecule has 25 valence electrons. The van der Waals surface area contributed by atoms with Gasteiger partial charge in [0, 0.05) is 33.6 Å². The normalized spacial score (nSPS) is 0. The third kappa shape index (κ3) is 18.7. The minimum absolute atomic E-state index is 0. The summed E-state index contributed by atoms with van der Waals surface area (Å²) in [5.41, 5.74) is 0. The summed E-state index contributed by atoms with van der Waals surface area (Å²) in [7, 11) is 0. The van der Waals surface area contributed by atoms with Gasteiger partial charge in [-0.15, -0.1) is 0 Å². The van der Waals surface area contributed by atoms with Gasteiger partial charge in [0.2, 0.25) is 0 Å². The van der Waals surface area contributed by atoms with E-state index in [1.165, 1.54) is 0 Å². The van der Waals surface area contributed by atoms with Crippen molar-refractivity contribution in [3.05, 3.63) is 0 Å². The molecule has 0 amide bonds. The van der Waals surface area contributed by atoms with Crippen LogP contribution >= 0.6 is 0 Å². The van der Waals surface area contributed by atoms with Gasteiger partial charge in [-0.1, -0.05) is 0 Å². The molecule has 0 N–H and O–H groups in total. The summed E-state index contributed by atoms with van der Waals surface area (Å²) >= 11 is 0. The fourth-order valence-electron chi connectivity index (χ4n) is 0. The van der Waals surface area contributed by atoms with Crippen LogP contribution in [0.25, 0.3) is 0 Å². The maximum absolute atomic E-state index is 0. The molecule has 5 heteroatoms. The Labute approximate surface area is 103 Å². The molecule has 0 aromatic rings. The van der Waals surface area contributed by atoms with Crippen LogP contribution in [0.2, 0.25) is 0 Å². The van der Waals surface area contributed by atoms with E-state index in [0.29, 0.717) is 0 Å². The number of rotatable bonds is 0. The van der Waals surface area contributed by atoms with Gasteiger partial charge in [-0.2, -0.15) is 0 Å². The monoisotopic (exact) mass is 171 g/mol. The number of hydrogen-bond donors (Lipinski definition) is 0. The minimum atomic E-state index is 0. The second-order valence-electron chi connectivity index (χ2n) is 0. The molecular weight excluding hydrogens is 168 g/mol. The van der Waals surface area contributed by atoms with E-state index in [0.717, 1.165) is 0 Å². The van der Waals surface area contributed by atoms with E-state index in [4.69, 9.17) is 0 Å². The van der Waals surface area contributed by atoms with Crippen molar-refractivity contribution < 1.29 is 33.6 Å². The quantitative estimate of drug-likeness (QED) is 0.363. The Bertz CT molecular complexity index is 11.6. The van der Waals surface area contributed by atoms with Crippen molar-refractivity contribution in [3.63, 3.8) is 0 Å². The first-order valence-electron chi connectivity index (χ1n) is 0. The molecule has 0 spiro atoms. The molecule has 1 radical (unpaired) electrons. The van der Waals surface area contributed by atoms with Gasteiger partial charge >= 0.3 is 71.5 Å². The van der Waals surface area contributed by atoms with E-state index in [1.54, 1.807) is 0 Å². The summed E-state index contributed by atoms with van der Waals surface area (Å²) in [6.45, 7) is 0. The Balaban J connectivity index is 0. The molecule has 0 unspecified atom stereocenters. The van der Waals surface area contributed by atoms with Crippen molar-refractivity contribution in [1.82, 2.24) is 0 Å². The molecule has 0 nitrogen and oxygen atoms in total. The van der Waals surface area contributed by atoms with E-state index in [9.17, 15) is 0 Å². The van der Waals surface area contributed by atoms with Crippen LogP contribution in [0.3, 0.4) is 0 Å². The van der Waals surface area contributed by atoms with Crippen molar-refractivity contribution in [2.75, 3.05) is 0 Å². The van der Waals surface area contributed by atoms with Crippen LogP contribution in [0.1, 0.15) is 0 Å². The predicted molar refractivity (Wildman–Crippen MR) is 22.8 cm³/mol. The summed E-state index contributed by atoms with van der Waals surface area (Å²) in [6, 6.07) is 0. The van der Waals surface area contributed by atoms with Crippen LogP contribution < -0.4 is 0 Å². The molecule has 0 bridgehead atoms. The maximum atomic E-state index is 0. The zero-order chi connectivity index (χ0) is 0. The first kappa shape index (κ1) is 40.0. The van der Waals surface area contributed by atoms with Crippen LogP contribution in [-0.4, -0.2) is 71.5 Å². The molecule has 5 heavy (non-hydrogen) atoms. The Kier molecular flexibility index (Phi) is 210. The van der Waals surface area contributed by atoms with Gasteiger partial charge in [0.25, 0.3) is 0 Å². The van der Waals surface area contributed by atoms with Gasteiger partial charge in [-0.3, -0.25) is 0 Å². The van der Waals surface area contributed by atoms with E-state index < -0.39 is 0 Å². The molecule has 0 fully saturated rings. The van der Waals surface area contributed by atoms with Gasteiger partial charge in [0.1, 0.15) is 0 Å². The van der Waals surface area contributed by atoms with Gasteiger partial charge in [0.15, 0.2) is 0 Å². The third-order valence-electron chi connectivity index (χ3n) is 0. The van der Waals surface area contributed by atoms with Gasteiger partial charge in [-0.05, 0) is 0 Å². The second kappa shape index (κ2) is 26.3. The molecule has 0 aromatic carbocycles. The third-order valence-corrected chi connectivity index (χ3v) is 0. The molecule has 0 rings (SSSR count). The molecule has 0 aromatic heterocycles. The standard InChI is InChI=1S/Li.Mg.Mn.Na.Ni.4H. The molecule has 0 aliphatic heterocycles. The first-order valence-corrected chi connectivity index (χ1v) is 0. The summed E-state index contributed by atoms with van der Waals surface area (Å²) in [6.07, 6.45) is 0. The summed E-state index contributed by atoms with van der Waals surface area (Å²) in [5.74, 6) is 0. The predicted octanol–water partition coefficient (Wildman–Crippen LogP) is -2.22. The molecular formula is H4LiMgMnNaNi. The molecule has 0 aliphatic rings. The molecule has 0 heterocycles. The zero-order valence-electron chi connectivity index (χ0n) is 0.694. The van der Waals surface area contributed by atoms with E-state index >= 15 is 0 Å². The molecule has 0 saturated heterocycles. The van der Waals surface area contributed by atoms with Gasteiger partial charge in [-0.25, -0.2) is 0 Å². The van der Waals surface area contributed by atoms with Crippen LogP contribution in [0.15, 0.2) is 0 Å². The van der Waals surface area contributed by atoms with Crippen molar-refractivity contribution in [1.29, 1.82) is 0 Å². The Morgan fingerprint density at radius 3 is 1.00 bits per heavy atom. The van der Waals surface area contributed by atoms with Crippen LogP contribution in [0.4, 0.5) is 0 Å². The summed E-state index contributed by atoms with van der Waals surface area (Å²) < 4.78 is 0. The first-order chi connectivity index (χ1) is 0. The topological polar surface area (TPSA) is 0 Å². The van der Waals surface area contributed by atoms with E-state index in [2.05, 4.69) is 0 Å². The molecule has 0 aliphatic carbocycles. The van der Waals surface area contributed by atoms with Crippen molar-refractivity contribution in [2.24, 2.45) is 0 Å². The SMILES string of the molecule is [LiH].[MgH2].[Mn].[NaH].[Ni]. The molecule has 0 saturated carbocycles. The Hall–Kier alpha value is 3.38. The van der Waals surface area contributed by atoms with Crippen molar-refractivity contribution in [2.45, 2.75) is 0 Å². The number of hydrogen-bond acceptors (Lipinski definition) is 0. The minimum Gasteiger partial charge on any atom is 0 e.